The molecule has 0 rings (SSSR count). The van der Waals surface area contributed by atoms with E-state index in [0.29, 0.717) is 13.0 Å². The Bertz CT molecular complexity index is 68.0. The normalized spacial score (nSPS) is 7.44. The van der Waals surface area contributed by atoms with Gasteiger partial charge in [-0.1, -0.05) is 0 Å². The molecular weight excluding hydrogens is 142 g/mol. The number of rotatable bonds is 3. The molecule has 0 heterocycles. The molecule has 0 saturated heterocycles. The molecule has 56 valence electrons. The monoisotopic (exact) mass is 153 g/mol. The third-order valence-corrected chi connectivity index (χ3v) is 0.595. The van der Waals surface area contributed by atoms with Crippen molar-refractivity contribution in [2.24, 2.45) is 5.73 Å². The van der Waals surface area contributed by atoms with E-state index in [-0.39, 0.29) is 6.42 Å². The summed E-state index contributed by atoms with van der Waals surface area (Å²) in [6.07, 6.45) is 2.24. The van der Waals surface area contributed by atoms with Crippen molar-refractivity contribution in [1.82, 2.24) is 0 Å². The average Bonchev–Trinajstić information content (AvgIpc) is 1.88. The third-order valence-electron chi connectivity index (χ3n) is 0.595. The van der Waals surface area contributed by atoms with E-state index in [4.69, 9.17) is 10.8 Å². The highest BCUT2D eigenvalue weighted by Crippen LogP contribution is 1.82. The van der Waals surface area contributed by atoms with Crippen LogP contribution in [0.5, 0.6) is 0 Å². The molecule has 0 spiro atoms. The van der Waals surface area contributed by atoms with Gasteiger partial charge in [0, 0.05) is 12.8 Å². The summed E-state index contributed by atoms with van der Waals surface area (Å²) in [4.78, 5) is 9.70. The Kier molecular flexibility index (Phi) is 13.6. The zero-order valence-corrected chi connectivity index (χ0v) is 6.19. The highest BCUT2D eigenvalue weighted by Gasteiger charge is 1.91. The molecule has 0 amide bonds. The fourth-order valence-corrected chi connectivity index (χ4v) is 0.253. The number of alkyl halides is 1. The van der Waals surface area contributed by atoms with Gasteiger partial charge in [0.2, 0.25) is 0 Å². The Hall–Kier alpha value is -0.280. The standard InChI is InChI=1S/C4H9NO2.CH3Cl/c5-3-1-2-4(6)7;1-2/h1-3,5H2,(H,6,7);1H3. The molecule has 0 bridgehead atoms. The Balaban J connectivity index is 0. The van der Waals surface area contributed by atoms with Crippen LogP contribution in [0.2, 0.25) is 0 Å². The van der Waals surface area contributed by atoms with E-state index in [9.17, 15) is 4.79 Å². The second-order valence-electron chi connectivity index (χ2n) is 1.29. The summed E-state index contributed by atoms with van der Waals surface area (Å²) < 4.78 is 0. The van der Waals surface area contributed by atoms with Crippen LogP contribution in [0, 0.1) is 0 Å². The number of aliphatic carboxylic acids is 1. The Labute approximate surface area is 59.8 Å². The molecule has 0 aliphatic rings. The fraction of sp³-hybridized carbons (Fsp3) is 0.800. The summed E-state index contributed by atoms with van der Waals surface area (Å²) in [6, 6.07) is 0. The minimum atomic E-state index is -0.773. The molecule has 3 N–H and O–H groups in total. The van der Waals surface area contributed by atoms with Crippen molar-refractivity contribution in [3.63, 3.8) is 0 Å². The first-order chi connectivity index (χ1) is 4.27. The summed E-state index contributed by atoms with van der Waals surface area (Å²) in [5.41, 5.74) is 5.01. The molecule has 0 aromatic carbocycles. The number of carbonyl (C=O) groups is 1. The largest absolute Gasteiger partial charge is 0.481 e. The lowest BCUT2D eigenvalue weighted by atomic mass is 10.3. The topological polar surface area (TPSA) is 63.3 Å². The molecule has 9 heavy (non-hydrogen) atoms. The van der Waals surface area contributed by atoms with Gasteiger partial charge in [0.15, 0.2) is 0 Å². The molecule has 0 aromatic rings. The highest BCUT2D eigenvalue weighted by atomic mass is 35.5. The molecule has 0 aliphatic heterocycles. The molecule has 0 unspecified atom stereocenters. The van der Waals surface area contributed by atoms with Gasteiger partial charge in [-0.2, -0.15) is 0 Å². The van der Waals surface area contributed by atoms with Gasteiger partial charge in [0.05, 0.1) is 0 Å². The molecule has 0 atom stereocenters. The van der Waals surface area contributed by atoms with Crippen molar-refractivity contribution in [2.45, 2.75) is 12.8 Å². The Morgan fingerprint density at radius 2 is 2.11 bits per heavy atom. The van der Waals surface area contributed by atoms with Crippen molar-refractivity contribution < 1.29 is 9.90 Å². The first-order valence-corrected chi connectivity index (χ1v) is 3.32. The molecule has 0 fully saturated rings. The fourth-order valence-electron chi connectivity index (χ4n) is 0.253. The number of halogens is 1. The van der Waals surface area contributed by atoms with Crippen molar-refractivity contribution in [3.05, 3.63) is 0 Å². The first-order valence-electron chi connectivity index (χ1n) is 2.57. The van der Waals surface area contributed by atoms with Crippen LogP contribution in [0.3, 0.4) is 0 Å². The molecule has 0 aliphatic carbocycles. The zero-order valence-electron chi connectivity index (χ0n) is 5.43. The van der Waals surface area contributed by atoms with Gasteiger partial charge in [-0.15, -0.1) is 11.6 Å². The lowest BCUT2D eigenvalue weighted by molar-refractivity contribution is -0.137. The van der Waals surface area contributed by atoms with Crippen molar-refractivity contribution >= 4 is 17.6 Å². The van der Waals surface area contributed by atoms with Crippen LogP contribution in [-0.2, 0) is 4.79 Å². The summed E-state index contributed by atoms with van der Waals surface area (Å²) in [5, 5.41) is 7.99. The second-order valence-corrected chi connectivity index (χ2v) is 1.29. The van der Waals surface area contributed by atoms with Crippen molar-refractivity contribution in [2.75, 3.05) is 12.9 Å². The van der Waals surface area contributed by atoms with Crippen LogP contribution >= 0.6 is 11.6 Å². The van der Waals surface area contributed by atoms with E-state index in [1.165, 1.54) is 6.38 Å². The number of carboxylic acid groups (broad SMARTS) is 1. The molecular formula is C5H12ClNO2. The maximum atomic E-state index is 9.70. The van der Waals surface area contributed by atoms with Crippen LogP contribution in [0.4, 0.5) is 0 Å². The molecule has 0 saturated carbocycles. The predicted octanol–water partition coefficient (Wildman–Crippen LogP) is 0.665. The molecule has 0 radical (unpaired) electrons. The van der Waals surface area contributed by atoms with E-state index in [1.807, 2.05) is 0 Å². The van der Waals surface area contributed by atoms with E-state index >= 15 is 0 Å². The quantitative estimate of drug-likeness (QED) is 0.586. The summed E-state index contributed by atoms with van der Waals surface area (Å²) >= 11 is 4.64. The van der Waals surface area contributed by atoms with Gasteiger partial charge in [-0.3, -0.25) is 4.79 Å². The smallest absolute Gasteiger partial charge is 0.303 e. The second kappa shape index (κ2) is 10.7. The zero-order chi connectivity index (χ0) is 7.70. The summed E-state index contributed by atoms with van der Waals surface area (Å²) in [5.74, 6) is -0.773. The van der Waals surface area contributed by atoms with Crippen LogP contribution < -0.4 is 5.73 Å². The maximum Gasteiger partial charge on any atom is 0.303 e. The van der Waals surface area contributed by atoms with Gasteiger partial charge in [-0.05, 0) is 13.0 Å². The van der Waals surface area contributed by atoms with E-state index in [1.54, 1.807) is 0 Å². The van der Waals surface area contributed by atoms with Gasteiger partial charge in [0.1, 0.15) is 0 Å². The van der Waals surface area contributed by atoms with E-state index in [0.717, 1.165) is 0 Å². The van der Waals surface area contributed by atoms with E-state index < -0.39 is 5.97 Å². The van der Waals surface area contributed by atoms with Gasteiger partial charge >= 0.3 is 5.97 Å². The van der Waals surface area contributed by atoms with Crippen molar-refractivity contribution in [1.29, 1.82) is 0 Å². The molecule has 3 nitrogen and oxygen atoms in total. The number of hydrogen-bond acceptors (Lipinski definition) is 2. The lowest BCUT2D eigenvalue weighted by Crippen LogP contribution is -2.02. The first kappa shape index (κ1) is 11.5. The van der Waals surface area contributed by atoms with Crippen molar-refractivity contribution in [3.8, 4) is 0 Å². The van der Waals surface area contributed by atoms with Crippen LogP contribution in [0.15, 0.2) is 0 Å². The Morgan fingerprint density at radius 1 is 1.67 bits per heavy atom. The van der Waals surface area contributed by atoms with Crippen LogP contribution in [0.1, 0.15) is 12.8 Å². The van der Waals surface area contributed by atoms with Gasteiger partial charge < -0.3 is 10.8 Å². The molecule has 4 heteroatoms. The number of hydrogen-bond donors (Lipinski definition) is 2. The SMILES string of the molecule is CCl.NCCCC(=O)O. The lowest BCUT2D eigenvalue weighted by Gasteiger charge is -1.86. The number of nitrogens with two attached hydrogens (primary N) is 1. The van der Waals surface area contributed by atoms with Gasteiger partial charge in [-0.25, -0.2) is 0 Å². The highest BCUT2D eigenvalue weighted by molar-refractivity contribution is 6.15. The minimum Gasteiger partial charge on any atom is -0.481 e. The average molecular weight is 154 g/mol. The predicted molar refractivity (Wildman–Crippen MR) is 37.7 cm³/mol. The van der Waals surface area contributed by atoms with Gasteiger partial charge in [0.25, 0.3) is 0 Å². The summed E-state index contributed by atoms with van der Waals surface area (Å²) in [7, 11) is 0. The third kappa shape index (κ3) is 18.3. The van der Waals surface area contributed by atoms with Crippen LogP contribution in [0.25, 0.3) is 0 Å². The van der Waals surface area contributed by atoms with E-state index in [2.05, 4.69) is 11.6 Å². The minimum absolute atomic E-state index is 0.191. The maximum absolute atomic E-state index is 9.70. The Morgan fingerprint density at radius 3 is 2.22 bits per heavy atom. The molecule has 0 aromatic heterocycles. The van der Waals surface area contributed by atoms with Crippen LogP contribution in [-0.4, -0.2) is 24.0 Å². The number of carboxylic acids is 1. The summed E-state index contributed by atoms with van der Waals surface area (Å²) in [6.45, 7) is 0.465.